The third-order valence-corrected chi connectivity index (χ3v) is 12.7. The van der Waals surface area contributed by atoms with Crippen molar-refractivity contribution in [1.82, 2.24) is 24.4 Å². The fourth-order valence-electron chi connectivity index (χ4n) is 7.47. The van der Waals surface area contributed by atoms with E-state index in [-0.39, 0.29) is 59.3 Å². The molecule has 0 spiro atoms. The molecule has 15 nitrogen and oxygen atoms in total. The molecule has 0 bridgehead atoms. The number of sulfone groups is 1. The number of ether oxygens (including phenoxy) is 5. The number of nitrogens with zero attached hydrogens (tertiary/aromatic N) is 5. The predicted molar refractivity (Wildman–Crippen MR) is 226 cm³/mol. The highest BCUT2D eigenvalue weighted by molar-refractivity contribution is 7.91. The second-order valence-electron chi connectivity index (χ2n) is 14.2. The number of fused-ring (bicyclic) bond motifs is 1. The summed E-state index contributed by atoms with van der Waals surface area (Å²) in [7, 11) is -0.0127. The number of carbonyl (C=O) groups excluding carboxylic acids is 1. The highest BCUT2D eigenvalue weighted by Crippen LogP contribution is 2.43. The van der Waals surface area contributed by atoms with Gasteiger partial charge in [-0.1, -0.05) is 72.8 Å². The van der Waals surface area contributed by atoms with Crippen molar-refractivity contribution in [3.8, 4) is 11.5 Å². The van der Waals surface area contributed by atoms with Crippen molar-refractivity contribution in [3.05, 3.63) is 144 Å². The minimum absolute atomic E-state index is 0.00840. The van der Waals surface area contributed by atoms with Gasteiger partial charge in [0.1, 0.15) is 35.6 Å². The average Bonchev–Trinajstić information content (AvgIpc) is 3.85. The second kappa shape index (κ2) is 17.3. The Morgan fingerprint density at radius 2 is 1.43 bits per heavy atom. The Kier molecular flexibility index (Phi) is 11.8. The Balaban J connectivity index is 1.16. The van der Waals surface area contributed by atoms with E-state index in [0.29, 0.717) is 17.1 Å². The topological polar surface area (TPSA) is 176 Å². The molecule has 0 aliphatic carbocycles. The van der Waals surface area contributed by atoms with E-state index in [1.165, 1.54) is 12.7 Å². The van der Waals surface area contributed by atoms with Crippen LogP contribution in [0.3, 0.4) is 0 Å². The molecule has 2 N–H and O–H groups in total. The number of thiocarbonyl (C=S) groups is 1. The van der Waals surface area contributed by atoms with Crippen LogP contribution in [-0.2, 0) is 29.6 Å². The van der Waals surface area contributed by atoms with Gasteiger partial charge in [0.2, 0.25) is 0 Å². The molecule has 0 saturated carbocycles. The zero-order valence-corrected chi connectivity index (χ0v) is 34.3. The zero-order valence-electron chi connectivity index (χ0n) is 32.7. The van der Waals surface area contributed by atoms with E-state index in [4.69, 9.17) is 35.9 Å². The van der Waals surface area contributed by atoms with Crippen molar-refractivity contribution in [2.45, 2.75) is 30.1 Å². The maximum Gasteiger partial charge on any atom is 0.259 e. The molecule has 4 heterocycles. The molecule has 4 atom stereocenters. The van der Waals surface area contributed by atoms with Crippen LogP contribution in [0.1, 0.15) is 33.3 Å². The summed E-state index contributed by atoms with van der Waals surface area (Å²) >= 11 is 5.72. The summed E-state index contributed by atoms with van der Waals surface area (Å²) in [6, 6.07) is 33.6. The van der Waals surface area contributed by atoms with Gasteiger partial charge in [0.05, 0.1) is 38.7 Å². The molecule has 60 heavy (non-hydrogen) atoms. The monoisotopic (exact) mass is 850 g/mol. The van der Waals surface area contributed by atoms with Gasteiger partial charge < -0.3 is 39.0 Å². The van der Waals surface area contributed by atoms with E-state index in [9.17, 15) is 18.3 Å². The summed E-state index contributed by atoms with van der Waals surface area (Å²) in [4.78, 5) is 28.1. The number of benzene rings is 4. The van der Waals surface area contributed by atoms with Gasteiger partial charge in [-0.05, 0) is 65.3 Å². The smallest absolute Gasteiger partial charge is 0.259 e. The van der Waals surface area contributed by atoms with Crippen LogP contribution in [0.4, 0.5) is 5.82 Å². The minimum atomic E-state index is -3.21. The first-order chi connectivity index (χ1) is 29.1. The van der Waals surface area contributed by atoms with Crippen LogP contribution in [0.5, 0.6) is 11.5 Å². The maximum atomic E-state index is 13.1. The van der Waals surface area contributed by atoms with Gasteiger partial charge in [-0.3, -0.25) is 9.36 Å². The molecular weight excluding hydrogens is 809 g/mol. The quantitative estimate of drug-likeness (QED) is 0.127. The first-order valence-electron chi connectivity index (χ1n) is 19.1. The van der Waals surface area contributed by atoms with Gasteiger partial charge >= 0.3 is 0 Å². The molecule has 2 aromatic heterocycles. The third kappa shape index (κ3) is 8.13. The van der Waals surface area contributed by atoms with E-state index in [2.05, 4.69) is 20.3 Å². The molecule has 0 radical (unpaired) electrons. The van der Waals surface area contributed by atoms with Crippen LogP contribution < -0.4 is 14.8 Å². The number of anilines is 1. The zero-order chi connectivity index (χ0) is 41.9. The van der Waals surface area contributed by atoms with Gasteiger partial charge in [-0.15, -0.1) is 0 Å². The highest BCUT2D eigenvalue weighted by atomic mass is 32.2. The van der Waals surface area contributed by atoms with Crippen LogP contribution in [0.15, 0.2) is 122 Å². The number of nitrogens with one attached hydrogen (secondary N) is 1. The number of methoxy groups -OCH3 is 2. The van der Waals surface area contributed by atoms with Crippen molar-refractivity contribution in [2.24, 2.45) is 0 Å². The predicted octanol–water partition coefficient (Wildman–Crippen LogP) is 4.76. The number of aliphatic hydroxyl groups is 1. The van der Waals surface area contributed by atoms with Crippen LogP contribution in [0, 0.1) is 0 Å². The van der Waals surface area contributed by atoms with Crippen LogP contribution in [-0.4, -0.2) is 113 Å². The largest absolute Gasteiger partial charge is 0.497 e. The molecule has 2 unspecified atom stereocenters. The Hall–Kier alpha value is -5.98. The van der Waals surface area contributed by atoms with Gasteiger partial charge in [0.25, 0.3) is 11.1 Å². The van der Waals surface area contributed by atoms with Crippen LogP contribution in [0.25, 0.3) is 11.2 Å². The van der Waals surface area contributed by atoms with Gasteiger partial charge in [-0.2, -0.15) is 0 Å². The summed E-state index contributed by atoms with van der Waals surface area (Å²) in [6.07, 6.45) is -1.81. The normalized spacial score (nSPS) is 20.1. The number of amides is 1. The summed E-state index contributed by atoms with van der Waals surface area (Å²) < 4.78 is 57.2. The van der Waals surface area contributed by atoms with Crippen LogP contribution in [0.2, 0.25) is 0 Å². The van der Waals surface area contributed by atoms with Gasteiger partial charge in [0.15, 0.2) is 39.2 Å². The van der Waals surface area contributed by atoms with Crippen molar-refractivity contribution >= 4 is 50.1 Å². The standard InChI is InChI=1S/C43H42N6O9S2/c1-54-32-17-13-30(14-18-32)43(29-11-7-4-8-12-29,31-15-19-33(55-2)20-16-31)56-25-34-36(50)37(58-42(59)48-21-23-60(52,53)24-22-48)41(57-34)49-27-46-35-38(44-26-45-39(35)49)47-40(51)28-9-5-3-6-10-28/h3-20,26-27,34,36-37,41,50H,21-25H2,1-2H3,(H,44,45,47,51)/t34-,36?,37?,41-/m1/s1. The number of hydrogen-bond acceptors (Lipinski definition) is 13. The Morgan fingerprint density at radius 1 is 0.850 bits per heavy atom. The molecular formula is C43H42N6O9S2. The van der Waals surface area contributed by atoms with Crippen molar-refractivity contribution in [1.29, 1.82) is 0 Å². The number of rotatable bonds is 12. The maximum absolute atomic E-state index is 13.1. The molecule has 1 amide bonds. The molecule has 8 rings (SSSR count). The first kappa shape index (κ1) is 40.8. The lowest BCUT2D eigenvalue weighted by atomic mass is 9.80. The number of imidazole rings is 1. The molecule has 2 aliphatic heterocycles. The Morgan fingerprint density at radius 3 is 2.03 bits per heavy atom. The lowest BCUT2D eigenvalue weighted by Crippen LogP contribution is -2.47. The van der Waals surface area contributed by atoms with Crippen LogP contribution >= 0.6 is 12.2 Å². The fraction of sp³-hybridized carbons (Fsp3) is 0.279. The van der Waals surface area contributed by atoms with Crippen molar-refractivity contribution in [3.63, 3.8) is 0 Å². The highest BCUT2D eigenvalue weighted by Gasteiger charge is 2.50. The third-order valence-electron chi connectivity index (χ3n) is 10.7. The van der Waals surface area contributed by atoms with E-state index >= 15 is 0 Å². The van der Waals surface area contributed by atoms with Crippen molar-refractivity contribution in [2.75, 3.05) is 50.7 Å². The van der Waals surface area contributed by atoms with Gasteiger partial charge in [-0.25, -0.2) is 23.4 Å². The summed E-state index contributed by atoms with van der Waals surface area (Å²) in [5.74, 6) is 0.932. The first-order valence-corrected chi connectivity index (χ1v) is 21.3. The molecule has 2 saturated heterocycles. The van der Waals surface area contributed by atoms with E-state index in [0.717, 1.165) is 16.7 Å². The lowest BCUT2D eigenvalue weighted by molar-refractivity contribution is -0.0941. The molecule has 310 valence electrons. The number of aliphatic hydroxyl groups excluding tert-OH is 1. The number of hydrogen-bond donors (Lipinski definition) is 2. The van der Waals surface area contributed by atoms with E-state index in [1.54, 1.807) is 48.0 Å². The van der Waals surface area contributed by atoms with Crippen molar-refractivity contribution < 1.29 is 42.0 Å². The minimum Gasteiger partial charge on any atom is -0.497 e. The molecule has 17 heteroatoms. The van der Waals surface area contributed by atoms with Gasteiger partial charge in [0, 0.05) is 18.7 Å². The second-order valence-corrected chi connectivity index (χ2v) is 16.9. The van der Waals surface area contributed by atoms with E-state index in [1.807, 2.05) is 84.9 Å². The summed E-state index contributed by atoms with van der Waals surface area (Å²) in [5.41, 5.74) is 2.11. The molecule has 6 aromatic rings. The Bertz CT molecular complexity index is 2500. The average molecular weight is 851 g/mol. The molecule has 2 aliphatic rings. The molecule has 2 fully saturated rings. The SMILES string of the molecule is COc1ccc(C(OC[C@H]2O[C@@H](n3cnc4c(NC(=O)c5ccccc5)ncnc43)C(OC(=S)N3CCS(=O)(=O)CC3)C2O)(c2ccccc2)c2ccc(OC)cc2)cc1. The lowest BCUT2D eigenvalue weighted by Gasteiger charge is -2.37. The summed E-state index contributed by atoms with van der Waals surface area (Å²) in [6.45, 7) is 0.118. The number of aromatic nitrogens is 4. The number of carbonyl (C=O) groups is 1. The summed E-state index contributed by atoms with van der Waals surface area (Å²) in [5, 5.41) is 15.0. The van der Waals surface area contributed by atoms with E-state index < -0.39 is 40.0 Å². The Labute approximate surface area is 351 Å². The molecule has 4 aromatic carbocycles. The fourth-order valence-corrected chi connectivity index (χ4v) is 8.97.